The van der Waals surface area contributed by atoms with Crippen molar-refractivity contribution in [3.63, 3.8) is 0 Å². The third-order valence-electron chi connectivity index (χ3n) is 4.27. The number of ether oxygens (including phenoxy) is 2. The van der Waals surface area contributed by atoms with E-state index in [9.17, 15) is 44.7 Å². The summed E-state index contributed by atoms with van der Waals surface area (Å²) < 4.78 is 112. The van der Waals surface area contributed by atoms with Crippen molar-refractivity contribution in [2.75, 3.05) is 0 Å². The van der Waals surface area contributed by atoms with E-state index in [1.54, 1.807) is 41.5 Å². The molecular weight excluding hydrogens is 468 g/mol. The summed E-state index contributed by atoms with van der Waals surface area (Å²) in [5, 5.41) is 0. The molecular formula is C21H34F8O4. The standard InChI is InChI=1S/C19H28F8O4.C2H6/c1-8-11(30-12(28)10(16(5,6)7)9-15(2,3)4)17(20,21)14(29)31-13(18(22,23)24)19(25,26)27;1-2/h10-11,13H,8-9H2,1-7H3;1-2H3. The van der Waals surface area contributed by atoms with E-state index in [-0.39, 0.29) is 6.42 Å². The average Bonchev–Trinajstić information content (AvgIpc) is 2.59. The quantitative estimate of drug-likeness (QED) is 0.275. The molecule has 0 N–H and O–H groups in total. The molecule has 0 fully saturated rings. The van der Waals surface area contributed by atoms with Gasteiger partial charge in [0.1, 0.15) is 0 Å². The Morgan fingerprint density at radius 3 is 1.42 bits per heavy atom. The zero-order chi connectivity index (χ0) is 27.2. The minimum absolute atomic E-state index is 0.187. The van der Waals surface area contributed by atoms with E-state index in [0.29, 0.717) is 0 Å². The molecule has 2 atom stereocenters. The molecule has 12 heteroatoms. The SMILES string of the molecule is CC.CCC(OC(=O)C(CC(C)(C)C)C(C)(C)C)C(F)(F)C(=O)OC(C(F)(F)F)C(F)(F)F. The number of rotatable bonds is 7. The predicted octanol–water partition coefficient (Wildman–Crippen LogP) is 7.10. The van der Waals surface area contributed by atoms with Crippen molar-refractivity contribution in [1.82, 2.24) is 0 Å². The van der Waals surface area contributed by atoms with E-state index in [0.717, 1.165) is 6.92 Å². The van der Waals surface area contributed by atoms with Crippen LogP contribution in [0.2, 0.25) is 0 Å². The fourth-order valence-corrected chi connectivity index (χ4v) is 2.63. The highest BCUT2D eigenvalue weighted by molar-refractivity contribution is 5.80. The number of hydrogen-bond acceptors (Lipinski definition) is 4. The first-order valence-corrected chi connectivity index (χ1v) is 10.4. The van der Waals surface area contributed by atoms with Gasteiger partial charge in [0.05, 0.1) is 5.92 Å². The molecule has 0 aliphatic rings. The zero-order valence-corrected chi connectivity index (χ0v) is 20.3. The highest BCUT2D eigenvalue weighted by Gasteiger charge is 2.63. The predicted molar refractivity (Wildman–Crippen MR) is 105 cm³/mol. The molecule has 0 saturated heterocycles. The molecule has 0 aromatic heterocycles. The summed E-state index contributed by atoms with van der Waals surface area (Å²) in [6.07, 6.45) is -20.2. The third kappa shape index (κ3) is 10.9. The molecule has 0 aromatic carbocycles. The maximum atomic E-state index is 14.4. The van der Waals surface area contributed by atoms with Gasteiger partial charge in [-0.3, -0.25) is 4.79 Å². The molecule has 0 heterocycles. The Kier molecular flexibility index (Phi) is 11.9. The van der Waals surface area contributed by atoms with Crippen LogP contribution >= 0.6 is 0 Å². The highest BCUT2D eigenvalue weighted by atomic mass is 19.4. The lowest BCUT2D eigenvalue weighted by Gasteiger charge is -2.35. The minimum Gasteiger partial charge on any atom is -0.455 e. The summed E-state index contributed by atoms with van der Waals surface area (Å²) in [5.74, 6) is -10.1. The number of alkyl halides is 8. The van der Waals surface area contributed by atoms with E-state index in [1.165, 1.54) is 0 Å². The molecule has 198 valence electrons. The van der Waals surface area contributed by atoms with E-state index >= 15 is 0 Å². The average molecular weight is 502 g/mol. The molecule has 0 spiro atoms. The van der Waals surface area contributed by atoms with Crippen LogP contribution in [-0.2, 0) is 19.1 Å². The molecule has 0 aromatic rings. The van der Waals surface area contributed by atoms with Crippen LogP contribution in [0.25, 0.3) is 0 Å². The summed E-state index contributed by atoms with van der Waals surface area (Å²) in [4.78, 5) is 24.2. The van der Waals surface area contributed by atoms with Gasteiger partial charge in [-0.1, -0.05) is 62.3 Å². The van der Waals surface area contributed by atoms with E-state index in [4.69, 9.17) is 4.74 Å². The Labute approximate surface area is 189 Å². The van der Waals surface area contributed by atoms with Crippen molar-refractivity contribution >= 4 is 11.9 Å². The maximum Gasteiger partial charge on any atom is 0.434 e. The van der Waals surface area contributed by atoms with Gasteiger partial charge < -0.3 is 9.47 Å². The van der Waals surface area contributed by atoms with Gasteiger partial charge in [0.2, 0.25) is 0 Å². The normalized spacial score (nSPS) is 15.3. The number of hydrogen-bond donors (Lipinski definition) is 0. The summed E-state index contributed by atoms with van der Waals surface area (Å²) >= 11 is 0. The van der Waals surface area contributed by atoms with Crippen molar-refractivity contribution < 1.29 is 54.2 Å². The Balaban J connectivity index is 0. The summed E-state index contributed by atoms with van der Waals surface area (Å²) in [5.41, 5.74) is -1.21. The van der Waals surface area contributed by atoms with Crippen LogP contribution in [0.1, 0.15) is 75.2 Å². The van der Waals surface area contributed by atoms with Crippen molar-refractivity contribution in [3.8, 4) is 0 Å². The van der Waals surface area contributed by atoms with Crippen molar-refractivity contribution in [3.05, 3.63) is 0 Å². The Morgan fingerprint density at radius 1 is 0.758 bits per heavy atom. The molecule has 0 rings (SSSR count). The smallest absolute Gasteiger partial charge is 0.434 e. The molecule has 0 aliphatic heterocycles. The van der Waals surface area contributed by atoms with Gasteiger partial charge in [-0.05, 0) is 23.7 Å². The second-order valence-corrected chi connectivity index (χ2v) is 9.51. The van der Waals surface area contributed by atoms with E-state index < -0.39 is 65.6 Å². The van der Waals surface area contributed by atoms with Crippen molar-refractivity contribution in [1.29, 1.82) is 0 Å². The minimum atomic E-state index is -6.16. The van der Waals surface area contributed by atoms with E-state index in [2.05, 4.69) is 4.74 Å². The van der Waals surface area contributed by atoms with Crippen LogP contribution in [0.5, 0.6) is 0 Å². The van der Waals surface area contributed by atoms with Crippen LogP contribution in [0.15, 0.2) is 0 Å². The number of carbonyl (C=O) groups excluding carboxylic acids is 2. The second-order valence-electron chi connectivity index (χ2n) is 9.51. The Morgan fingerprint density at radius 2 is 1.15 bits per heavy atom. The fourth-order valence-electron chi connectivity index (χ4n) is 2.63. The molecule has 0 aliphatic carbocycles. The van der Waals surface area contributed by atoms with Crippen LogP contribution in [0.4, 0.5) is 35.1 Å². The van der Waals surface area contributed by atoms with Crippen LogP contribution in [0.3, 0.4) is 0 Å². The second kappa shape index (κ2) is 11.7. The lowest BCUT2D eigenvalue weighted by molar-refractivity contribution is -0.319. The largest absolute Gasteiger partial charge is 0.455 e. The first kappa shape index (κ1) is 33.6. The summed E-state index contributed by atoms with van der Waals surface area (Å²) in [6, 6.07) is 0. The van der Waals surface area contributed by atoms with Crippen molar-refractivity contribution in [2.24, 2.45) is 16.7 Å². The van der Waals surface area contributed by atoms with Crippen LogP contribution < -0.4 is 0 Å². The van der Waals surface area contributed by atoms with Gasteiger partial charge in [-0.2, -0.15) is 35.1 Å². The lowest BCUT2D eigenvalue weighted by Crippen LogP contribution is -2.52. The number of esters is 2. The van der Waals surface area contributed by atoms with Gasteiger partial charge in [-0.15, -0.1) is 0 Å². The molecule has 0 amide bonds. The molecule has 0 radical (unpaired) electrons. The van der Waals surface area contributed by atoms with Gasteiger partial charge >= 0.3 is 30.2 Å². The monoisotopic (exact) mass is 502 g/mol. The van der Waals surface area contributed by atoms with E-state index in [1.807, 2.05) is 13.8 Å². The van der Waals surface area contributed by atoms with Gasteiger partial charge in [0.25, 0.3) is 6.10 Å². The van der Waals surface area contributed by atoms with Gasteiger partial charge in [0.15, 0.2) is 6.10 Å². The molecule has 0 bridgehead atoms. The van der Waals surface area contributed by atoms with Crippen molar-refractivity contribution in [2.45, 2.75) is 106 Å². The summed E-state index contributed by atoms with van der Waals surface area (Å²) in [6.45, 7) is 15.3. The molecule has 0 saturated carbocycles. The lowest BCUT2D eigenvalue weighted by atomic mass is 9.72. The van der Waals surface area contributed by atoms with Gasteiger partial charge in [0, 0.05) is 0 Å². The molecule has 33 heavy (non-hydrogen) atoms. The molecule has 4 nitrogen and oxygen atoms in total. The Hall–Kier alpha value is -1.62. The first-order valence-electron chi connectivity index (χ1n) is 10.4. The number of carbonyl (C=O) groups is 2. The molecule has 2 unspecified atom stereocenters. The maximum absolute atomic E-state index is 14.4. The fraction of sp³-hybridized carbons (Fsp3) is 0.905. The highest BCUT2D eigenvalue weighted by Crippen LogP contribution is 2.40. The Bertz CT molecular complexity index is 614. The number of halogens is 8. The first-order chi connectivity index (χ1) is 14.4. The third-order valence-corrected chi connectivity index (χ3v) is 4.27. The van der Waals surface area contributed by atoms with Crippen LogP contribution in [0, 0.1) is 16.7 Å². The van der Waals surface area contributed by atoms with Crippen LogP contribution in [-0.4, -0.2) is 42.4 Å². The summed E-state index contributed by atoms with van der Waals surface area (Å²) in [7, 11) is 0. The zero-order valence-electron chi connectivity index (χ0n) is 20.3. The van der Waals surface area contributed by atoms with Gasteiger partial charge in [-0.25, -0.2) is 4.79 Å². The topological polar surface area (TPSA) is 52.6 Å².